The van der Waals surface area contributed by atoms with Crippen LogP contribution in [0.4, 0.5) is 8.78 Å². The summed E-state index contributed by atoms with van der Waals surface area (Å²) in [6, 6.07) is 1.49. The fraction of sp³-hybridized carbons (Fsp3) is 0.733. The van der Waals surface area contributed by atoms with E-state index in [9.17, 15) is 13.6 Å². The maximum absolute atomic E-state index is 12.7. The molecule has 0 radical (unpaired) electrons. The fourth-order valence-corrected chi connectivity index (χ4v) is 4.09. The lowest BCUT2D eigenvalue weighted by molar-refractivity contribution is 0.0538. The molecule has 2 bridgehead atoms. The number of nitrogens with zero attached hydrogens (tertiary/aromatic N) is 2. The third-order valence-corrected chi connectivity index (χ3v) is 5.13. The Morgan fingerprint density at radius 3 is 2.71 bits per heavy atom. The van der Waals surface area contributed by atoms with Crippen molar-refractivity contribution >= 4 is 5.91 Å². The smallest absolute Gasteiger partial charge is 0.333 e. The lowest BCUT2D eigenvalue weighted by Crippen LogP contribution is -2.40. The Morgan fingerprint density at radius 2 is 2.19 bits per heavy atom. The molecule has 1 amide bonds. The van der Waals surface area contributed by atoms with E-state index in [1.807, 2.05) is 6.92 Å². The van der Waals surface area contributed by atoms with E-state index in [0.717, 1.165) is 5.92 Å². The molecule has 0 unspecified atom stereocenters. The Bertz CT molecular complexity index is 543. The van der Waals surface area contributed by atoms with Gasteiger partial charge in [-0.3, -0.25) is 4.79 Å². The van der Waals surface area contributed by atoms with Crippen molar-refractivity contribution in [3.8, 4) is 0 Å². The number of aryl methyl sites for hydroxylation is 1. The highest BCUT2D eigenvalue weighted by Gasteiger charge is 2.42. The van der Waals surface area contributed by atoms with Crippen LogP contribution in [0.2, 0.25) is 0 Å². The quantitative estimate of drug-likeness (QED) is 0.928. The summed E-state index contributed by atoms with van der Waals surface area (Å²) in [5.74, 6) is 1.70. The molecule has 4 nitrogen and oxygen atoms in total. The third kappa shape index (κ3) is 2.68. The van der Waals surface area contributed by atoms with Gasteiger partial charge in [-0.2, -0.15) is 13.9 Å². The molecule has 0 saturated heterocycles. The van der Waals surface area contributed by atoms with Crippen molar-refractivity contribution in [2.75, 3.05) is 0 Å². The Hall–Kier alpha value is -1.46. The molecule has 3 rings (SSSR count). The summed E-state index contributed by atoms with van der Waals surface area (Å²) >= 11 is 0. The number of hydrogen-bond donors (Lipinski definition) is 1. The number of nitrogens with one attached hydrogen (secondary N) is 1. The highest BCUT2D eigenvalue weighted by atomic mass is 19.3. The Balaban J connectivity index is 1.64. The summed E-state index contributed by atoms with van der Waals surface area (Å²) in [5.41, 5.74) is 0.366. The standard InChI is InChI=1S/C15H21F2N3O/c1-8-5-13(19-20(8)15(16)17)14(21)18-9(2)12-7-10-3-4-11(12)6-10/h5,9-12,15H,3-4,6-7H2,1-2H3,(H,18,21)/t9-,10+,11+,12-/m0/s1. The molecule has 2 saturated carbocycles. The zero-order chi connectivity index (χ0) is 15.1. The van der Waals surface area contributed by atoms with Gasteiger partial charge in [0.25, 0.3) is 5.91 Å². The van der Waals surface area contributed by atoms with Crippen molar-refractivity contribution in [3.63, 3.8) is 0 Å². The van der Waals surface area contributed by atoms with E-state index in [0.29, 0.717) is 22.2 Å². The number of carbonyl (C=O) groups is 1. The summed E-state index contributed by atoms with van der Waals surface area (Å²) in [5, 5.41) is 6.63. The van der Waals surface area contributed by atoms with Gasteiger partial charge in [-0.05, 0) is 56.9 Å². The van der Waals surface area contributed by atoms with E-state index in [1.165, 1.54) is 38.7 Å². The Kier molecular flexibility index (Phi) is 3.71. The van der Waals surface area contributed by atoms with Gasteiger partial charge in [-0.25, -0.2) is 4.68 Å². The van der Waals surface area contributed by atoms with Gasteiger partial charge in [-0.15, -0.1) is 0 Å². The van der Waals surface area contributed by atoms with E-state index in [-0.39, 0.29) is 17.6 Å². The van der Waals surface area contributed by atoms with Crippen LogP contribution in [-0.2, 0) is 0 Å². The summed E-state index contributed by atoms with van der Waals surface area (Å²) in [6.07, 6.45) is 5.04. The van der Waals surface area contributed by atoms with E-state index >= 15 is 0 Å². The second-order valence-corrected chi connectivity index (χ2v) is 6.49. The molecule has 116 valence electrons. The lowest BCUT2D eigenvalue weighted by atomic mass is 9.84. The summed E-state index contributed by atoms with van der Waals surface area (Å²) in [6.45, 7) is 0.824. The average molecular weight is 297 g/mol. The first kappa shape index (κ1) is 14.5. The Morgan fingerprint density at radius 1 is 1.43 bits per heavy atom. The molecule has 1 heterocycles. The SMILES string of the molecule is Cc1cc(C(=O)N[C@@H](C)[C@@H]2C[C@@H]3CC[C@@H]2C3)nn1C(F)F. The van der Waals surface area contributed by atoms with Crippen LogP contribution < -0.4 is 5.32 Å². The van der Waals surface area contributed by atoms with Crippen LogP contribution in [0.15, 0.2) is 6.07 Å². The van der Waals surface area contributed by atoms with Crippen molar-refractivity contribution < 1.29 is 13.6 Å². The minimum Gasteiger partial charge on any atom is -0.348 e. The monoisotopic (exact) mass is 297 g/mol. The number of alkyl halides is 2. The van der Waals surface area contributed by atoms with E-state index in [1.54, 1.807) is 0 Å². The van der Waals surface area contributed by atoms with Gasteiger partial charge in [0.2, 0.25) is 0 Å². The lowest BCUT2D eigenvalue weighted by Gasteiger charge is -2.28. The number of aromatic nitrogens is 2. The largest absolute Gasteiger partial charge is 0.348 e. The molecule has 2 fully saturated rings. The van der Waals surface area contributed by atoms with Crippen LogP contribution in [0.1, 0.15) is 55.3 Å². The summed E-state index contributed by atoms with van der Waals surface area (Å²) in [7, 11) is 0. The minimum atomic E-state index is -2.71. The topological polar surface area (TPSA) is 46.9 Å². The van der Waals surface area contributed by atoms with Crippen molar-refractivity contribution in [1.29, 1.82) is 0 Å². The van der Waals surface area contributed by atoms with Gasteiger partial charge in [0.05, 0.1) is 0 Å². The fourth-order valence-electron chi connectivity index (χ4n) is 4.09. The number of hydrogen-bond acceptors (Lipinski definition) is 2. The third-order valence-electron chi connectivity index (χ3n) is 5.13. The van der Waals surface area contributed by atoms with Crippen LogP contribution >= 0.6 is 0 Å². The molecule has 0 spiro atoms. The molecule has 1 aromatic heterocycles. The summed E-state index contributed by atoms with van der Waals surface area (Å²) in [4.78, 5) is 12.2. The maximum atomic E-state index is 12.7. The highest BCUT2D eigenvalue weighted by Crippen LogP contribution is 2.49. The van der Waals surface area contributed by atoms with E-state index < -0.39 is 6.55 Å². The van der Waals surface area contributed by atoms with Crippen molar-refractivity contribution in [3.05, 3.63) is 17.5 Å². The zero-order valence-electron chi connectivity index (χ0n) is 12.4. The van der Waals surface area contributed by atoms with E-state index in [4.69, 9.17) is 0 Å². The van der Waals surface area contributed by atoms with Gasteiger partial charge in [0.1, 0.15) is 0 Å². The zero-order valence-corrected chi connectivity index (χ0v) is 12.4. The molecule has 6 heteroatoms. The highest BCUT2D eigenvalue weighted by molar-refractivity contribution is 5.92. The molecule has 1 N–H and O–H groups in total. The van der Waals surface area contributed by atoms with Gasteiger partial charge >= 0.3 is 6.55 Å². The predicted molar refractivity (Wildman–Crippen MR) is 74.1 cm³/mol. The van der Waals surface area contributed by atoms with Crippen LogP contribution in [0.3, 0.4) is 0 Å². The normalized spacial score (nSPS) is 29.1. The summed E-state index contributed by atoms with van der Waals surface area (Å²) < 4.78 is 25.9. The second-order valence-electron chi connectivity index (χ2n) is 6.49. The predicted octanol–water partition coefficient (Wildman–Crippen LogP) is 3.14. The second kappa shape index (κ2) is 5.39. The van der Waals surface area contributed by atoms with Crippen molar-refractivity contribution in [2.45, 2.75) is 52.1 Å². The first-order valence-corrected chi connectivity index (χ1v) is 7.61. The first-order valence-electron chi connectivity index (χ1n) is 7.61. The van der Waals surface area contributed by atoms with Gasteiger partial charge in [-0.1, -0.05) is 6.42 Å². The first-order chi connectivity index (χ1) is 9.95. The van der Waals surface area contributed by atoms with Gasteiger partial charge < -0.3 is 5.32 Å². The molecular formula is C15H21F2N3O. The van der Waals surface area contributed by atoms with E-state index in [2.05, 4.69) is 10.4 Å². The number of halogens is 2. The number of fused-ring (bicyclic) bond motifs is 2. The molecular weight excluding hydrogens is 276 g/mol. The van der Waals surface area contributed by atoms with Crippen LogP contribution in [0, 0.1) is 24.7 Å². The van der Waals surface area contributed by atoms with Crippen molar-refractivity contribution in [2.24, 2.45) is 17.8 Å². The molecule has 4 atom stereocenters. The molecule has 0 aliphatic heterocycles. The van der Waals surface area contributed by atoms with Crippen molar-refractivity contribution in [1.82, 2.24) is 15.1 Å². The molecule has 2 aliphatic carbocycles. The maximum Gasteiger partial charge on any atom is 0.333 e. The van der Waals surface area contributed by atoms with Crippen LogP contribution in [-0.4, -0.2) is 21.7 Å². The van der Waals surface area contributed by atoms with Crippen LogP contribution in [0.25, 0.3) is 0 Å². The van der Waals surface area contributed by atoms with Gasteiger partial charge in [0, 0.05) is 11.7 Å². The Labute approximate surface area is 122 Å². The van der Waals surface area contributed by atoms with Crippen LogP contribution in [0.5, 0.6) is 0 Å². The minimum absolute atomic E-state index is 0.0720. The number of rotatable bonds is 4. The van der Waals surface area contributed by atoms with Gasteiger partial charge in [0.15, 0.2) is 5.69 Å². The molecule has 1 aromatic rings. The number of carbonyl (C=O) groups excluding carboxylic acids is 1. The molecule has 0 aromatic carbocycles. The average Bonchev–Trinajstić information content (AvgIpc) is 3.12. The molecule has 2 aliphatic rings. The molecule has 21 heavy (non-hydrogen) atoms. The number of amides is 1.